The van der Waals surface area contributed by atoms with E-state index in [0.717, 1.165) is 12.8 Å². The van der Waals surface area contributed by atoms with Gasteiger partial charge in [-0.25, -0.2) is 4.79 Å². The van der Waals surface area contributed by atoms with E-state index in [1.807, 2.05) is 6.07 Å². The Bertz CT molecular complexity index is 916. The lowest BCUT2D eigenvalue weighted by atomic mass is 10.1. The predicted molar refractivity (Wildman–Crippen MR) is 96.7 cm³/mol. The number of benzene rings is 1. The molecule has 1 amide bonds. The Labute approximate surface area is 155 Å². The zero-order valence-corrected chi connectivity index (χ0v) is 14.5. The molecular weight excluding hydrogens is 348 g/mol. The predicted octanol–water partition coefficient (Wildman–Crippen LogP) is 2.85. The van der Waals surface area contributed by atoms with Gasteiger partial charge in [-0.15, -0.1) is 0 Å². The lowest BCUT2D eigenvalue weighted by Crippen LogP contribution is -2.32. The minimum atomic E-state index is -1.03. The van der Waals surface area contributed by atoms with Crippen LogP contribution in [0.5, 0.6) is 0 Å². The topological polar surface area (TPSA) is 113 Å². The van der Waals surface area contributed by atoms with Gasteiger partial charge in [0.1, 0.15) is 23.2 Å². The zero-order chi connectivity index (χ0) is 19.2. The molecule has 0 aliphatic carbocycles. The molecule has 1 aromatic carbocycles. The maximum atomic E-state index is 12.2. The molecule has 0 unspecified atom stereocenters. The molecule has 7 heteroatoms. The van der Waals surface area contributed by atoms with Crippen LogP contribution < -0.4 is 5.32 Å². The summed E-state index contributed by atoms with van der Waals surface area (Å²) in [5, 5.41) is 21.0. The number of carboxylic acid groups (broad SMARTS) is 1. The summed E-state index contributed by atoms with van der Waals surface area (Å²) >= 11 is 0. The minimum Gasteiger partial charge on any atom is -0.478 e. The van der Waals surface area contributed by atoms with Crippen molar-refractivity contribution < 1.29 is 23.8 Å². The van der Waals surface area contributed by atoms with Crippen LogP contribution in [0.2, 0.25) is 0 Å². The van der Waals surface area contributed by atoms with Crippen molar-refractivity contribution >= 4 is 18.0 Å². The molecule has 27 heavy (non-hydrogen) atoms. The average Bonchev–Trinajstić information content (AvgIpc) is 3.36. The molecule has 1 saturated heterocycles. The van der Waals surface area contributed by atoms with Gasteiger partial charge in [0.25, 0.3) is 5.91 Å². The van der Waals surface area contributed by atoms with Crippen LogP contribution >= 0.6 is 0 Å². The minimum absolute atomic E-state index is 0.00869. The van der Waals surface area contributed by atoms with Crippen molar-refractivity contribution in [2.24, 2.45) is 0 Å². The largest absolute Gasteiger partial charge is 0.478 e. The van der Waals surface area contributed by atoms with E-state index in [4.69, 9.17) is 14.3 Å². The number of amides is 1. The molecule has 138 valence electrons. The van der Waals surface area contributed by atoms with Crippen molar-refractivity contribution in [2.45, 2.75) is 18.9 Å². The van der Waals surface area contributed by atoms with Crippen LogP contribution in [-0.2, 0) is 9.53 Å². The van der Waals surface area contributed by atoms with Crippen LogP contribution in [0.15, 0.2) is 46.4 Å². The van der Waals surface area contributed by atoms with Crippen molar-refractivity contribution in [2.75, 3.05) is 13.2 Å². The van der Waals surface area contributed by atoms with Crippen molar-refractivity contribution in [3.63, 3.8) is 0 Å². The van der Waals surface area contributed by atoms with Crippen molar-refractivity contribution in [3.8, 4) is 17.4 Å². The molecule has 0 radical (unpaired) electrons. The van der Waals surface area contributed by atoms with Gasteiger partial charge in [-0.2, -0.15) is 5.26 Å². The first-order valence-electron chi connectivity index (χ1n) is 8.52. The van der Waals surface area contributed by atoms with E-state index in [-0.39, 0.29) is 17.2 Å². The molecule has 3 rings (SSSR count). The lowest BCUT2D eigenvalue weighted by molar-refractivity contribution is -0.117. The SMILES string of the molecule is N#C/C(=C\c1ccc(-c2cccc(C(=O)O)c2)o1)C(=O)NC[C@@H]1CCCO1. The Hall–Kier alpha value is -3.37. The third kappa shape index (κ3) is 4.63. The van der Waals surface area contributed by atoms with E-state index in [0.29, 0.717) is 30.2 Å². The second-order valence-corrected chi connectivity index (χ2v) is 6.10. The van der Waals surface area contributed by atoms with Crippen LogP contribution in [0.4, 0.5) is 0 Å². The number of nitrogens with one attached hydrogen (secondary N) is 1. The molecule has 7 nitrogen and oxygen atoms in total. The Morgan fingerprint density at radius 3 is 2.89 bits per heavy atom. The van der Waals surface area contributed by atoms with Gasteiger partial charge >= 0.3 is 5.97 Å². The summed E-state index contributed by atoms with van der Waals surface area (Å²) in [6.07, 6.45) is 3.21. The summed E-state index contributed by atoms with van der Waals surface area (Å²) < 4.78 is 11.1. The Morgan fingerprint density at radius 2 is 2.19 bits per heavy atom. The Balaban J connectivity index is 1.72. The molecule has 1 aromatic heterocycles. The number of nitriles is 1. The Morgan fingerprint density at radius 1 is 1.33 bits per heavy atom. The van der Waals surface area contributed by atoms with Gasteiger partial charge in [0.05, 0.1) is 11.7 Å². The van der Waals surface area contributed by atoms with Gasteiger partial charge < -0.3 is 19.6 Å². The van der Waals surface area contributed by atoms with E-state index >= 15 is 0 Å². The van der Waals surface area contributed by atoms with Gasteiger partial charge in [-0.3, -0.25) is 4.79 Å². The molecule has 2 N–H and O–H groups in total. The van der Waals surface area contributed by atoms with Gasteiger partial charge in [0.15, 0.2) is 0 Å². The van der Waals surface area contributed by atoms with Crippen LogP contribution in [0.1, 0.15) is 29.0 Å². The van der Waals surface area contributed by atoms with E-state index in [1.165, 1.54) is 18.2 Å². The number of rotatable bonds is 6. The smallest absolute Gasteiger partial charge is 0.335 e. The molecule has 2 aromatic rings. The number of hydrogen-bond acceptors (Lipinski definition) is 5. The number of nitrogens with zero attached hydrogens (tertiary/aromatic N) is 1. The number of carbonyl (C=O) groups excluding carboxylic acids is 1. The number of carbonyl (C=O) groups is 2. The van der Waals surface area contributed by atoms with Crippen molar-refractivity contribution in [1.82, 2.24) is 5.32 Å². The molecule has 1 aliphatic heterocycles. The first-order valence-corrected chi connectivity index (χ1v) is 8.52. The fourth-order valence-electron chi connectivity index (χ4n) is 2.79. The highest BCUT2D eigenvalue weighted by molar-refractivity contribution is 6.01. The number of ether oxygens (including phenoxy) is 1. The van der Waals surface area contributed by atoms with E-state index in [9.17, 15) is 14.9 Å². The monoisotopic (exact) mass is 366 g/mol. The molecule has 1 aliphatic rings. The second-order valence-electron chi connectivity index (χ2n) is 6.10. The molecule has 0 saturated carbocycles. The summed E-state index contributed by atoms with van der Waals surface area (Å²) in [7, 11) is 0. The zero-order valence-electron chi connectivity index (χ0n) is 14.5. The maximum Gasteiger partial charge on any atom is 0.335 e. The molecular formula is C20H18N2O5. The van der Waals surface area contributed by atoms with Crippen molar-refractivity contribution in [3.05, 3.63) is 53.3 Å². The van der Waals surface area contributed by atoms with Crippen LogP contribution in [0.25, 0.3) is 17.4 Å². The highest BCUT2D eigenvalue weighted by Gasteiger charge is 2.18. The normalized spacial score (nSPS) is 16.7. The van der Waals surface area contributed by atoms with Gasteiger partial charge in [-0.05, 0) is 37.1 Å². The van der Waals surface area contributed by atoms with Crippen LogP contribution in [0, 0.1) is 11.3 Å². The third-order valence-corrected chi connectivity index (χ3v) is 4.19. The molecule has 0 bridgehead atoms. The first-order chi connectivity index (χ1) is 13.1. The molecule has 1 fully saturated rings. The van der Waals surface area contributed by atoms with Crippen LogP contribution in [0.3, 0.4) is 0 Å². The summed E-state index contributed by atoms with van der Waals surface area (Å²) in [5.41, 5.74) is 0.663. The Kier molecular flexibility index (Phi) is 5.69. The number of carboxylic acids is 1. The van der Waals surface area contributed by atoms with Gasteiger partial charge in [0.2, 0.25) is 0 Å². The van der Waals surface area contributed by atoms with E-state index in [1.54, 1.807) is 24.3 Å². The summed E-state index contributed by atoms with van der Waals surface area (Å²) in [6.45, 7) is 1.06. The molecule has 0 spiro atoms. The quantitative estimate of drug-likeness (QED) is 0.600. The van der Waals surface area contributed by atoms with Gasteiger partial charge in [0, 0.05) is 24.8 Å². The summed E-state index contributed by atoms with van der Waals surface area (Å²) in [5.74, 6) is -0.743. The lowest BCUT2D eigenvalue weighted by Gasteiger charge is -2.09. The van der Waals surface area contributed by atoms with E-state index < -0.39 is 11.9 Å². The van der Waals surface area contributed by atoms with Crippen LogP contribution in [-0.4, -0.2) is 36.2 Å². The maximum absolute atomic E-state index is 12.2. The van der Waals surface area contributed by atoms with Gasteiger partial charge in [-0.1, -0.05) is 12.1 Å². The average molecular weight is 366 g/mol. The molecule has 1 atom stereocenters. The first kappa shape index (κ1) is 18.4. The number of aromatic carboxylic acids is 1. The third-order valence-electron chi connectivity index (χ3n) is 4.19. The fourth-order valence-corrected chi connectivity index (χ4v) is 2.79. The highest BCUT2D eigenvalue weighted by atomic mass is 16.5. The summed E-state index contributed by atoms with van der Waals surface area (Å²) in [6, 6.07) is 11.5. The van der Waals surface area contributed by atoms with E-state index in [2.05, 4.69) is 5.32 Å². The fraction of sp³-hybridized carbons (Fsp3) is 0.250. The summed E-state index contributed by atoms with van der Waals surface area (Å²) in [4.78, 5) is 23.2. The number of furan rings is 1. The highest BCUT2D eigenvalue weighted by Crippen LogP contribution is 2.24. The molecule has 2 heterocycles. The van der Waals surface area contributed by atoms with Crippen molar-refractivity contribution in [1.29, 1.82) is 5.26 Å². The standard InChI is InChI=1S/C20H18N2O5/c21-11-15(19(23)22-12-17-5-2-8-26-17)10-16-6-7-18(27-16)13-3-1-4-14(9-13)20(24)25/h1,3-4,6-7,9-10,17H,2,5,8,12H2,(H,22,23)(H,24,25)/b15-10+/t17-/m0/s1. The second kappa shape index (κ2) is 8.34. The number of hydrogen-bond donors (Lipinski definition) is 2.